The molecule has 33 heavy (non-hydrogen) atoms. The summed E-state index contributed by atoms with van der Waals surface area (Å²) in [6, 6.07) is 8.77. The zero-order chi connectivity index (χ0) is 23.8. The van der Waals surface area contributed by atoms with Gasteiger partial charge in [-0.1, -0.05) is 30.3 Å². The first-order valence-corrected chi connectivity index (χ1v) is 12.0. The van der Waals surface area contributed by atoms with Crippen LogP contribution in [0.25, 0.3) is 0 Å². The minimum Gasteiger partial charge on any atom is -0.479 e. The Morgan fingerprint density at radius 3 is 2.55 bits per heavy atom. The number of nitrogens with one attached hydrogen (secondary N) is 1. The lowest BCUT2D eigenvalue weighted by molar-refractivity contribution is -0.174. The molecule has 2 fully saturated rings. The van der Waals surface area contributed by atoms with E-state index in [1.807, 2.05) is 30.3 Å². The quantitative estimate of drug-likeness (QED) is 0.545. The molecule has 2 saturated heterocycles. The normalized spacial score (nSPS) is 21.9. The van der Waals surface area contributed by atoms with Crippen LogP contribution in [0.15, 0.2) is 30.3 Å². The Morgan fingerprint density at radius 1 is 1.21 bits per heavy atom. The van der Waals surface area contributed by atoms with E-state index in [0.29, 0.717) is 45.4 Å². The van der Waals surface area contributed by atoms with Crippen LogP contribution in [0, 0.1) is 5.41 Å². The van der Waals surface area contributed by atoms with E-state index in [0.717, 1.165) is 18.4 Å². The van der Waals surface area contributed by atoms with Gasteiger partial charge in [-0.05, 0) is 57.9 Å². The number of esters is 1. The number of carbonyl (C=O) groups is 3. The molecule has 0 saturated carbocycles. The zero-order valence-corrected chi connectivity index (χ0v) is 19.6. The maximum atomic E-state index is 13.1. The van der Waals surface area contributed by atoms with Crippen LogP contribution in [0.5, 0.6) is 0 Å². The highest BCUT2D eigenvalue weighted by Crippen LogP contribution is 2.43. The predicted octanol–water partition coefficient (Wildman–Crippen LogP) is 2.40. The Kier molecular flexibility index (Phi) is 8.86. The minimum atomic E-state index is -0.916. The summed E-state index contributed by atoms with van der Waals surface area (Å²) in [6.45, 7) is 5.28. The highest BCUT2D eigenvalue weighted by atomic mass is 16.5. The fraction of sp³-hybridized carbons (Fsp3) is 0.640. The van der Waals surface area contributed by atoms with Gasteiger partial charge >= 0.3 is 11.9 Å². The molecule has 0 bridgehead atoms. The van der Waals surface area contributed by atoms with Crippen molar-refractivity contribution in [2.45, 2.75) is 70.6 Å². The molecule has 1 unspecified atom stereocenters. The van der Waals surface area contributed by atoms with E-state index in [4.69, 9.17) is 9.47 Å². The summed E-state index contributed by atoms with van der Waals surface area (Å²) in [5.74, 6) is -1.35. The SMILES string of the molecule is CCOC(=O)[C@H](CCc1ccccc1)NC(C)C(=O)N1CCC2(CCCO[C@@H]2C(=O)O)CC1. The monoisotopic (exact) mass is 460 g/mol. The Hall–Kier alpha value is -2.45. The number of piperidine rings is 1. The van der Waals surface area contributed by atoms with Crippen molar-refractivity contribution in [2.75, 3.05) is 26.3 Å². The van der Waals surface area contributed by atoms with Crippen LogP contribution in [0.2, 0.25) is 0 Å². The number of carboxylic acid groups (broad SMARTS) is 1. The topological polar surface area (TPSA) is 105 Å². The second kappa shape index (κ2) is 11.6. The molecule has 0 aromatic heterocycles. The molecular formula is C25H36N2O6. The highest BCUT2D eigenvalue weighted by Gasteiger charge is 2.48. The number of carboxylic acids is 1. The number of hydrogen-bond donors (Lipinski definition) is 2. The summed E-state index contributed by atoms with van der Waals surface area (Å²) in [5, 5.41) is 12.8. The third-order valence-electron chi connectivity index (χ3n) is 6.91. The number of amides is 1. The minimum absolute atomic E-state index is 0.0811. The molecule has 1 aromatic rings. The van der Waals surface area contributed by atoms with Gasteiger partial charge in [-0.25, -0.2) is 4.79 Å². The first-order valence-electron chi connectivity index (χ1n) is 12.0. The molecule has 0 radical (unpaired) electrons. The average molecular weight is 461 g/mol. The maximum Gasteiger partial charge on any atom is 0.333 e. The van der Waals surface area contributed by atoms with Gasteiger partial charge in [-0.15, -0.1) is 0 Å². The lowest BCUT2D eigenvalue weighted by Crippen LogP contribution is -2.56. The smallest absolute Gasteiger partial charge is 0.333 e. The van der Waals surface area contributed by atoms with E-state index < -0.39 is 29.6 Å². The summed E-state index contributed by atoms with van der Waals surface area (Å²) in [4.78, 5) is 39.1. The average Bonchev–Trinajstić information content (AvgIpc) is 2.82. The Bertz CT molecular complexity index is 806. The van der Waals surface area contributed by atoms with Crippen molar-refractivity contribution >= 4 is 17.8 Å². The number of rotatable bonds is 9. The van der Waals surface area contributed by atoms with E-state index in [-0.39, 0.29) is 18.5 Å². The second-order valence-corrected chi connectivity index (χ2v) is 9.10. The standard InChI is InChI=1S/C25H36N2O6/c1-3-32-24(31)20(11-10-19-8-5-4-6-9-19)26-18(2)22(28)27-15-13-25(14-16-27)12-7-17-33-21(25)23(29)30/h4-6,8-9,18,20-21,26H,3,7,10-17H2,1-2H3,(H,29,30)/t18?,20-,21+/m0/s1. The fourth-order valence-electron chi connectivity index (χ4n) is 5.07. The van der Waals surface area contributed by atoms with Crippen molar-refractivity contribution in [2.24, 2.45) is 5.41 Å². The number of aliphatic carboxylic acids is 1. The predicted molar refractivity (Wildman–Crippen MR) is 123 cm³/mol. The number of hydrogen-bond acceptors (Lipinski definition) is 6. The molecule has 2 aliphatic heterocycles. The van der Waals surface area contributed by atoms with E-state index >= 15 is 0 Å². The molecule has 0 aliphatic carbocycles. The number of benzene rings is 1. The highest BCUT2D eigenvalue weighted by molar-refractivity contribution is 5.83. The molecule has 1 amide bonds. The van der Waals surface area contributed by atoms with Crippen LogP contribution in [0.3, 0.4) is 0 Å². The van der Waals surface area contributed by atoms with E-state index in [2.05, 4.69) is 5.32 Å². The van der Waals surface area contributed by atoms with E-state index in [9.17, 15) is 19.5 Å². The van der Waals surface area contributed by atoms with E-state index in [1.54, 1.807) is 18.7 Å². The molecule has 182 valence electrons. The van der Waals surface area contributed by atoms with Gasteiger partial charge in [0.2, 0.25) is 5.91 Å². The number of carbonyl (C=O) groups excluding carboxylic acids is 2. The van der Waals surface area contributed by atoms with Gasteiger partial charge in [0, 0.05) is 25.1 Å². The largest absolute Gasteiger partial charge is 0.479 e. The second-order valence-electron chi connectivity index (χ2n) is 9.10. The Balaban J connectivity index is 1.58. The molecule has 8 nitrogen and oxygen atoms in total. The molecule has 1 aromatic carbocycles. The summed E-state index contributed by atoms with van der Waals surface area (Å²) in [5.41, 5.74) is 0.720. The number of aryl methyl sites for hydroxylation is 1. The number of likely N-dealkylation sites (tertiary alicyclic amines) is 1. The van der Waals surface area contributed by atoms with Crippen LogP contribution in [-0.2, 0) is 30.3 Å². The zero-order valence-electron chi connectivity index (χ0n) is 19.6. The van der Waals surface area contributed by atoms with Crippen LogP contribution in [-0.4, -0.2) is 72.3 Å². The van der Waals surface area contributed by atoms with E-state index in [1.165, 1.54) is 0 Å². The van der Waals surface area contributed by atoms with Gasteiger partial charge in [-0.2, -0.15) is 0 Å². The van der Waals surface area contributed by atoms with Gasteiger partial charge in [0.25, 0.3) is 0 Å². The Labute approximate surface area is 195 Å². The summed E-state index contributed by atoms with van der Waals surface area (Å²) < 4.78 is 10.8. The van der Waals surface area contributed by atoms with Crippen LogP contribution in [0.4, 0.5) is 0 Å². The number of nitrogens with zero attached hydrogens (tertiary/aromatic N) is 1. The van der Waals surface area contributed by atoms with Gasteiger partial charge in [-0.3, -0.25) is 14.9 Å². The summed E-state index contributed by atoms with van der Waals surface area (Å²) in [6.07, 6.45) is 3.30. The fourth-order valence-corrected chi connectivity index (χ4v) is 5.07. The maximum absolute atomic E-state index is 13.1. The molecule has 1 spiro atoms. The van der Waals surface area contributed by atoms with Crippen LogP contribution < -0.4 is 5.32 Å². The molecule has 3 atom stereocenters. The van der Waals surface area contributed by atoms with Crippen molar-refractivity contribution < 1.29 is 29.0 Å². The van der Waals surface area contributed by atoms with Crippen LogP contribution in [0.1, 0.15) is 51.5 Å². The third-order valence-corrected chi connectivity index (χ3v) is 6.91. The third kappa shape index (κ3) is 6.32. The van der Waals surface area contributed by atoms with Gasteiger partial charge in [0.15, 0.2) is 6.10 Å². The molecule has 3 rings (SSSR count). The van der Waals surface area contributed by atoms with Gasteiger partial charge in [0.05, 0.1) is 12.6 Å². The van der Waals surface area contributed by atoms with Crippen molar-refractivity contribution in [1.29, 1.82) is 0 Å². The lowest BCUT2D eigenvalue weighted by atomic mass is 9.69. The van der Waals surface area contributed by atoms with Gasteiger partial charge in [0.1, 0.15) is 6.04 Å². The Morgan fingerprint density at radius 2 is 1.91 bits per heavy atom. The molecule has 8 heteroatoms. The van der Waals surface area contributed by atoms with Crippen molar-refractivity contribution in [3.63, 3.8) is 0 Å². The first kappa shape index (κ1) is 25.2. The molecule has 2 aliphatic rings. The van der Waals surface area contributed by atoms with Gasteiger partial charge < -0.3 is 19.5 Å². The van der Waals surface area contributed by atoms with Crippen molar-refractivity contribution in [3.05, 3.63) is 35.9 Å². The summed E-state index contributed by atoms with van der Waals surface area (Å²) >= 11 is 0. The molecular weight excluding hydrogens is 424 g/mol. The summed E-state index contributed by atoms with van der Waals surface area (Å²) in [7, 11) is 0. The first-order chi connectivity index (χ1) is 15.9. The van der Waals surface area contributed by atoms with Crippen molar-refractivity contribution in [3.8, 4) is 0 Å². The lowest BCUT2D eigenvalue weighted by Gasteiger charge is -2.47. The van der Waals surface area contributed by atoms with Crippen molar-refractivity contribution in [1.82, 2.24) is 10.2 Å². The number of ether oxygens (including phenoxy) is 2. The molecule has 2 N–H and O–H groups in total. The molecule has 2 heterocycles. The van der Waals surface area contributed by atoms with Crippen LogP contribution >= 0.6 is 0 Å².